The third-order valence-electron chi connectivity index (χ3n) is 4.79. The van der Waals surface area contributed by atoms with Gasteiger partial charge in [0.05, 0.1) is 22.9 Å². The largest absolute Gasteiger partial charge is 0.383 e. The average Bonchev–Trinajstić information content (AvgIpc) is 3.38. The molecule has 3 aromatic heterocycles. The average molecular weight is 378 g/mol. The minimum Gasteiger partial charge on any atom is -0.383 e. The SMILES string of the molecule is Nc1c(Cc2cc3ccccc3[nH]2)cnn1-c1ccc2nc(C(F)F)[nH]c2c1. The number of benzene rings is 2. The van der Waals surface area contributed by atoms with E-state index in [1.807, 2.05) is 18.2 Å². The molecule has 6 nitrogen and oxygen atoms in total. The lowest BCUT2D eigenvalue weighted by molar-refractivity contribution is 0.142. The smallest absolute Gasteiger partial charge is 0.295 e. The topological polar surface area (TPSA) is 88.3 Å². The molecule has 140 valence electrons. The van der Waals surface area contributed by atoms with E-state index in [0.717, 1.165) is 22.2 Å². The molecule has 2 aromatic carbocycles. The molecule has 28 heavy (non-hydrogen) atoms. The normalized spacial score (nSPS) is 11.8. The number of aromatic nitrogens is 5. The van der Waals surface area contributed by atoms with Crippen LogP contribution in [0.3, 0.4) is 0 Å². The van der Waals surface area contributed by atoms with Crippen molar-refractivity contribution < 1.29 is 8.78 Å². The Labute approximate surface area is 158 Å². The number of H-pyrrole nitrogens is 2. The van der Waals surface area contributed by atoms with Gasteiger partial charge in [-0.2, -0.15) is 5.10 Å². The zero-order valence-corrected chi connectivity index (χ0v) is 14.7. The summed E-state index contributed by atoms with van der Waals surface area (Å²) < 4.78 is 27.3. The molecule has 0 spiro atoms. The van der Waals surface area contributed by atoms with Gasteiger partial charge in [0.1, 0.15) is 5.82 Å². The van der Waals surface area contributed by atoms with E-state index in [1.54, 1.807) is 29.1 Å². The number of nitrogens with zero attached hydrogens (tertiary/aromatic N) is 3. The summed E-state index contributed by atoms with van der Waals surface area (Å²) in [6, 6.07) is 15.3. The van der Waals surface area contributed by atoms with Crippen LogP contribution in [-0.2, 0) is 6.42 Å². The monoisotopic (exact) mass is 378 g/mol. The van der Waals surface area contributed by atoms with Gasteiger partial charge in [-0.1, -0.05) is 18.2 Å². The Morgan fingerprint density at radius 3 is 2.71 bits per heavy atom. The fourth-order valence-electron chi connectivity index (χ4n) is 3.42. The van der Waals surface area contributed by atoms with Gasteiger partial charge in [0.25, 0.3) is 6.43 Å². The molecule has 0 saturated heterocycles. The first-order valence-corrected chi connectivity index (χ1v) is 8.75. The third kappa shape index (κ3) is 2.70. The second-order valence-electron chi connectivity index (χ2n) is 6.65. The highest BCUT2D eigenvalue weighted by Gasteiger charge is 2.15. The van der Waals surface area contributed by atoms with Crippen molar-refractivity contribution in [1.29, 1.82) is 0 Å². The van der Waals surface area contributed by atoms with Gasteiger partial charge in [-0.15, -0.1) is 0 Å². The highest BCUT2D eigenvalue weighted by molar-refractivity contribution is 5.80. The van der Waals surface area contributed by atoms with E-state index in [0.29, 0.717) is 29.0 Å². The van der Waals surface area contributed by atoms with Crippen molar-refractivity contribution in [3.63, 3.8) is 0 Å². The van der Waals surface area contributed by atoms with Crippen molar-refractivity contribution in [2.75, 3.05) is 5.73 Å². The molecule has 0 aliphatic rings. The molecular formula is C20H16F2N6. The van der Waals surface area contributed by atoms with Crippen LogP contribution >= 0.6 is 0 Å². The van der Waals surface area contributed by atoms with E-state index in [1.165, 1.54) is 0 Å². The Morgan fingerprint density at radius 1 is 1.04 bits per heavy atom. The van der Waals surface area contributed by atoms with Gasteiger partial charge in [0.15, 0.2) is 5.82 Å². The number of para-hydroxylation sites is 1. The summed E-state index contributed by atoms with van der Waals surface area (Å²) in [4.78, 5) is 9.90. The Kier molecular flexibility index (Phi) is 3.65. The zero-order chi connectivity index (χ0) is 19.3. The zero-order valence-electron chi connectivity index (χ0n) is 14.7. The number of fused-ring (bicyclic) bond motifs is 2. The quantitative estimate of drug-likeness (QED) is 0.435. The summed E-state index contributed by atoms with van der Waals surface area (Å²) >= 11 is 0. The summed E-state index contributed by atoms with van der Waals surface area (Å²) in [7, 11) is 0. The summed E-state index contributed by atoms with van der Waals surface area (Å²) in [6.07, 6.45) is -0.307. The number of alkyl halides is 2. The van der Waals surface area contributed by atoms with Crippen molar-refractivity contribution in [2.24, 2.45) is 0 Å². The molecule has 0 saturated carbocycles. The van der Waals surface area contributed by atoms with Crippen LogP contribution in [0.15, 0.2) is 54.7 Å². The van der Waals surface area contributed by atoms with Crippen LogP contribution in [0, 0.1) is 0 Å². The molecule has 8 heteroatoms. The number of aromatic amines is 2. The van der Waals surface area contributed by atoms with Crippen molar-refractivity contribution in [3.8, 4) is 5.69 Å². The highest BCUT2D eigenvalue weighted by Crippen LogP contribution is 2.25. The van der Waals surface area contributed by atoms with Crippen LogP contribution < -0.4 is 5.73 Å². The van der Waals surface area contributed by atoms with E-state index < -0.39 is 6.43 Å². The van der Waals surface area contributed by atoms with Crippen LogP contribution in [0.1, 0.15) is 23.5 Å². The third-order valence-corrected chi connectivity index (χ3v) is 4.79. The van der Waals surface area contributed by atoms with Crippen molar-refractivity contribution in [1.82, 2.24) is 24.7 Å². The van der Waals surface area contributed by atoms with Crippen LogP contribution in [0.5, 0.6) is 0 Å². The number of rotatable bonds is 4. The predicted molar refractivity (Wildman–Crippen MR) is 104 cm³/mol. The molecule has 0 radical (unpaired) electrons. The van der Waals surface area contributed by atoms with Crippen molar-refractivity contribution in [2.45, 2.75) is 12.8 Å². The number of nitrogens with one attached hydrogen (secondary N) is 2. The van der Waals surface area contributed by atoms with Gasteiger partial charge >= 0.3 is 0 Å². The van der Waals surface area contributed by atoms with Crippen LogP contribution in [0.2, 0.25) is 0 Å². The summed E-state index contributed by atoms with van der Waals surface area (Å²) in [6.45, 7) is 0. The standard InChI is InChI=1S/C20H16F2N6/c21-18(22)20-26-16-6-5-14(9-17(16)27-20)28-19(23)12(10-24-28)8-13-7-11-3-1-2-4-15(11)25-13/h1-7,9-10,18,25H,8,23H2,(H,26,27). The number of halogens is 2. The molecule has 0 bridgehead atoms. The van der Waals surface area contributed by atoms with Gasteiger partial charge < -0.3 is 15.7 Å². The summed E-state index contributed by atoms with van der Waals surface area (Å²) in [5, 5.41) is 5.52. The van der Waals surface area contributed by atoms with E-state index in [9.17, 15) is 8.78 Å². The van der Waals surface area contributed by atoms with Gasteiger partial charge in [-0.05, 0) is 35.7 Å². The lowest BCUT2D eigenvalue weighted by Crippen LogP contribution is -2.03. The number of anilines is 1. The van der Waals surface area contributed by atoms with E-state index in [-0.39, 0.29) is 5.82 Å². The van der Waals surface area contributed by atoms with E-state index in [2.05, 4.69) is 32.2 Å². The maximum absolute atomic E-state index is 12.8. The molecule has 0 unspecified atom stereocenters. The van der Waals surface area contributed by atoms with Gasteiger partial charge in [-0.25, -0.2) is 18.4 Å². The van der Waals surface area contributed by atoms with Crippen molar-refractivity contribution >= 4 is 27.8 Å². The Bertz CT molecular complexity index is 1260. The first-order valence-electron chi connectivity index (χ1n) is 8.75. The van der Waals surface area contributed by atoms with E-state index >= 15 is 0 Å². The highest BCUT2D eigenvalue weighted by atomic mass is 19.3. The number of hydrogen-bond donors (Lipinski definition) is 3. The Hall–Kier alpha value is -3.68. The molecule has 0 atom stereocenters. The lowest BCUT2D eigenvalue weighted by atomic mass is 10.1. The van der Waals surface area contributed by atoms with Gasteiger partial charge in [-0.3, -0.25) is 0 Å². The molecule has 3 heterocycles. The fraction of sp³-hybridized carbons (Fsp3) is 0.100. The molecule has 0 fully saturated rings. The maximum atomic E-state index is 12.8. The summed E-state index contributed by atoms with van der Waals surface area (Å²) in [5.41, 5.74) is 11.0. The second-order valence-corrected chi connectivity index (χ2v) is 6.65. The molecular weight excluding hydrogens is 362 g/mol. The number of nitrogen functional groups attached to an aromatic ring is 1. The van der Waals surface area contributed by atoms with Gasteiger partial charge in [0, 0.05) is 23.2 Å². The molecule has 5 aromatic rings. The minimum atomic E-state index is -2.64. The molecule has 0 amide bonds. The maximum Gasteiger partial charge on any atom is 0.295 e. The van der Waals surface area contributed by atoms with Crippen LogP contribution in [0.4, 0.5) is 14.6 Å². The molecule has 5 rings (SSSR count). The van der Waals surface area contributed by atoms with Crippen molar-refractivity contribution in [3.05, 3.63) is 71.8 Å². The first-order chi connectivity index (χ1) is 13.6. The van der Waals surface area contributed by atoms with Crippen LogP contribution in [0.25, 0.3) is 27.6 Å². The number of nitrogens with two attached hydrogens (primary N) is 1. The van der Waals surface area contributed by atoms with Crippen LogP contribution in [-0.4, -0.2) is 24.7 Å². The molecule has 0 aliphatic heterocycles. The number of imidazole rings is 1. The summed E-state index contributed by atoms with van der Waals surface area (Å²) in [5.74, 6) is 0.159. The molecule has 0 aliphatic carbocycles. The van der Waals surface area contributed by atoms with Gasteiger partial charge in [0.2, 0.25) is 0 Å². The fourth-order valence-corrected chi connectivity index (χ4v) is 3.42. The Balaban J connectivity index is 1.48. The number of hydrogen-bond acceptors (Lipinski definition) is 3. The second kappa shape index (κ2) is 6.19. The first kappa shape index (κ1) is 16.5. The predicted octanol–water partition coefficient (Wildman–Crippen LogP) is 4.34. The lowest BCUT2D eigenvalue weighted by Gasteiger charge is -2.05. The molecule has 4 N–H and O–H groups in total. The van der Waals surface area contributed by atoms with E-state index in [4.69, 9.17) is 5.73 Å². The minimum absolute atomic E-state index is 0.347. The Morgan fingerprint density at radius 2 is 1.89 bits per heavy atom.